The molecule has 4 heteroatoms. The second-order valence-corrected chi connectivity index (χ2v) is 7.88. The minimum atomic E-state index is -0.336. The minimum absolute atomic E-state index is 0.0118. The molecule has 1 N–H and O–H groups in total. The molecule has 3 rings (SSSR count). The van der Waals surface area contributed by atoms with Gasteiger partial charge in [-0.3, -0.25) is 9.59 Å². The number of carbonyl (C=O) groups is 2. The molecule has 1 aliphatic heterocycles. The van der Waals surface area contributed by atoms with Gasteiger partial charge in [-0.25, -0.2) is 0 Å². The second kappa shape index (κ2) is 7.55. The lowest BCUT2D eigenvalue weighted by Gasteiger charge is -2.20. The van der Waals surface area contributed by atoms with Crippen molar-refractivity contribution in [2.24, 2.45) is 5.92 Å². The monoisotopic (exact) mass is 364 g/mol. The molecule has 1 unspecified atom stereocenters. The first-order valence-corrected chi connectivity index (χ1v) is 9.56. The number of nitrogens with one attached hydrogen (secondary N) is 1. The molecule has 1 fully saturated rings. The highest BCUT2D eigenvalue weighted by molar-refractivity contribution is 6.04. The zero-order valence-electron chi connectivity index (χ0n) is 16.8. The summed E-state index contributed by atoms with van der Waals surface area (Å²) in [6.07, 6.45) is 0.252. The molecule has 4 nitrogen and oxygen atoms in total. The molecule has 0 spiro atoms. The third kappa shape index (κ3) is 3.90. The average Bonchev–Trinajstić information content (AvgIpc) is 3.00. The molecule has 2 amide bonds. The Morgan fingerprint density at radius 1 is 1.11 bits per heavy atom. The Bertz CT molecular complexity index is 886. The quantitative estimate of drug-likeness (QED) is 0.853. The number of carbonyl (C=O) groups excluding carboxylic acids is 2. The van der Waals surface area contributed by atoms with Gasteiger partial charge in [0, 0.05) is 24.3 Å². The summed E-state index contributed by atoms with van der Waals surface area (Å²) in [5, 5.41) is 3.10. The maximum Gasteiger partial charge on any atom is 0.229 e. The van der Waals surface area contributed by atoms with E-state index in [1.165, 1.54) is 0 Å². The van der Waals surface area contributed by atoms with Crippen molar-refractivity contribution in [3.63, 3.8) is 0 Å². The molecule has 1 saturated heterocycles. The number of aryl methyl sites for hydroxylation is 3. The van der Waals surface area contributed by atoms with Gasteiger partial charge >= 0.3 is 0 Å². The minimum Gasteiger partial charge on any atom is -0.325 e. The summed E-state index contributed by atoms with van der Waals surface area (Å²) in [6, 6.07) is 12.1. The number of benzene rings is 2. The Morgan fingerprint density at radius 2 is 1.85 bits per heavy atom. The first-order chi connectivity index (χ1) is 12.8. The van der Waals surface area contributed by atoms with Gasteiger partial charge < -0.3 is 10.2 Å². The van der Waals surface area contributed by atoms with E-state index in [9.17, 15) is 9.59 Å². The molecular weight excluding hydrogens is 336 g/mol. The highest BCUT2D eigenvalue weighted by Gasteiger charge is 2.36. The summed E-state index contributed by atoms with van der Waals surface area (Å²) in [5.74, 6) is -0.0843. The third-order valence-corrected chi connectivity index (χ3v) is 5.33. The Kier molecular flexibility index (Phi) is 5.36. The topological polar surface area (TPSA) is 49.4 Å². The Balaban J connectivity index is 1.80. The van der Waals surface area contributed by atoms with Crippen LogP contribution in [0.3, 0.4) is 0 Å². The van der Waals surface area contributed by atoms with E-state index in [-0.39, 0.29) is 24.2 Å². The van der Waals surface area contributed by atoms with Gasteiger partial charge in [-0.1, -0.05) is 44.2 Å². The fraction of sp³-hybridized carbons (Fsp3) is 0.391. The molecule has 0 radical (unpaired) electrons. The largest absolute Gasteiger partial charge is 0.325 e. The van der Waals surface area contributed by atoms with E-state index >= 15 is 0 Å². The SMILES string of the molecule is Cc1ccc(C)c(N2CC(C(=O)Nc3c(C)cccc3C(C)C)CC2=O)c1. The first-order valence-electron chi connectivity index (χ1n) is 9.56. The number of rotatable bonds is 4. The molecule has 1 atom stereocenters. The number of nitrogens with zero attached hydrogens (tertiary/aromatic N) is 1. The highest BCUT2D eigenvalue weighted by Crippen LogP contribution is 2.31. The Morgan fingerprint density at radius 3 is 2.56 bits per heavy atom. The molecular formula is C23H28N2O2. The average molecular weight is 364 g/mol. The normalized spacial score (nSPS) is 16.9. The van der Waals surface area contributed by atoms with Gasteiger partial charge in [-0.15, -0.1) is 0 Å². The Labute approximate surface area is 161 Å². The summed E-state index contributed by atoms with van der Waals surface area (Å²) in [5.41, 5.74) is 6.13. The summed E-state index contributed by atoms with van der Waals surface area (Å²) in [7, 11) is 0. The lowest BCUT2D eigenvalue weighted by atomic mass is 9.97. The highest BCUT2D eigenvalue weighted by atomic mass is 16.2. The van der Waals surface area contributed by atoms with E-state index in [1.807, 2.05) is 51.1 Å². The summed E-state index contributed by atoms with van der Waals surface area (Å²) in [6.45, 7) is 10.7. The van der Waals surface area contributed by atoms with Crippen LogP contribution < -0.4 is 10.2 Å². The van der Waals surface area contributed by atoms with Crippen LogP contribution in [-0.2, 0) is 9.59 Å². The summed E-state index contributed by atoms with van der Waals surface area (Å²) in [4.78, 5) is 27.3. The number of anilines is 2. The van der Waals surface area contributed by atoms with Crippen LogP contribution in [0, 0.1) is 26.7 Å². The number of hydrogen-bond acceptors (Lipinski definition) is 2. The van der Waals surface area contributed by atoms with Crippen LogP contribution in [0.15, 0.2) is 36.4 Å². The smallest absolute Gasteiger partial charge is 0.229 e. The fourth-order valence-corrected chi connectivity index (χ4v) is 3.69. The van der Waals surface area contributed by atoms with Crippen LogP contribution in [0.25, 0.3) is 0 Å². The molecule has 27 heavy (non-hydrogen) atoms. The van der Waals surface area contributed by atoms with Crippen LogP contribution in [-0.4, -0.2) is 18.4 Å². The van der Waals surface area contributed by atoms with Crippen molar-refractivity contribution in [2.75, 3.05) is 16.8 Å². The fourth-order valence-electron chi connectivity index (χ4n) is 3.69. The van der Waals surface area contributed by atoms with Crippen molar-refractivity contribution in [2.45, 2.75) is 47.0 Å². The van der Waals surface area contributed by atoms with E-state index in [0.717, 1.165) is 33.6 Å². The van der Waals surface area contributed by atoms with Crippen molar-refractivity contribution >= 4 is 23.2 Å². The molecule has 2 aromatic rings. The summed E-state index contributed by atoms with van der Waals surface area (Å²) < 4.78 is 0. The van der Waals surface area contributed by atoms with Crippen molar-refractivity contribution in [1.29, 1.82) is 0 Å². The third-order valence-electron chi connectivity index (χ3n) is 5.33. The van der Waals surface area contributed by atoms with E-state index in [2.05, 4.69) is 25.2 Å². The molecule has 0 bridgehead atoms. The van der Waals surface area contributed by atoms with Gasteiger partial charge in [0.15, 0.2) is 0 Å². The predicted molar refractivity (Wildman–Crippen MR) is 110 cm³/mol. The van der Waals surface area contributed by atoms with Gasteiger partial charge in [0.2, 0.25) is 11.8 Å². The number of hydrogen-bond donors (Lipinski definition) is 1. The van der Waals surface area contributed by atoms with Crippen LogP contribution in [0.4, 0.5) is 11.4 Å². The summed E-state index contributed by atoms with van der Waals surface area (Å²) >= 11 is 0. The lowest BCUT2D eigenvalue weighted by molar-refractivity contribution is -0.122. The maximum atomic E-state index is 12.9. The molecule has 0 aliphatic carbocycles. The van der Waals surface area contributed by atoms with Crippen LogP contribution in [0.2, 0.25) is 0 Å². The maximum absolute atomic E-state index is 12.9. The second-order valence-electron chi connectivity index (χ2n) is 7.88. The van der Waals surface area contributed by atoms with Crippen molar-refractivity contribution in [1.82, 2.24) is 0 Å². The zero-order chi connectivity index (χ0) is 19.7. The van der Waals surface area contributed by atoms with Crippen LogP contribution >= 0.6 is 0 Å². The van der Waals surface area contributed by atoms with E-state index in [4.69, 9.17) is 0 Å². The predicted octanol–water partition coefficient (Wildman–Crippen LogP) is 4.73. The molecule has 1 aliphatic rings. The molecule has 2 aromatic carbocycles. The van der Waals surface area contributed by atoms with Gasteiger partial charge in [0.05, 0.1) is 5.92 Å². The van der Waals surface area contributed by atoms with E-state index in [0.29, 0.717) is 12.5 Å². The van der Waals surface area contributed by atoms with Gasteiger partial charge in [-0.05, 0) is 55.0 Å². The molecule has 0 aromatic heterocycles. The molecule has 142 valence electrons. The lowest BCUT2D eigenvalue weighted by Crippen LogP contribution is -2.29. The van der Waals surface area contributed by atoms with E-state index in [1.54, 1.807) is 4.90 Å². The van der Waals surface area contributed by atoms with Gasteiger partial charge in [0.25, 0.3) is 0 Å². The van der Waals surface area contributed by atoms with Gasteiger partial charge in [-0.2, -0.15) is 0 Å². The zero-order valence-corrected chi connectivity index (χ0v) is 16.8. The standard InChI is InChI=1S/C23H28N2O2/c1-14(2)19-8-6-7-17(5)22(19)24-23(27)18-12-21(26)25(13-18)20-11-15(3)9-10-16(20)4/h6-11,14,18H,12-13H2,1-5H3,(H,24,27). The van der Waals surface area contributed by atoms with Gasteiger partial charge in [0.1, 0.15) is 0 Å². The Hall–Kier alpha value is -2.62. The van der Waals surface area contributed by atoms with Crippen LogP contribution in [0.5, 0.6) is 0 Å². The molecule has 1 heterocycles. The van der Waals surface area contributed by atoms with Crippen LogP contribution in [0.1, 0.15) is 48.4 Å². The van der Waals surface area contributed by atoms with Crippen molar-refractivity contribution in [3.05, 3.63) is 58.7 Å². The van der Waals surface area contributed by atoms with E-state index < -0.39 is 0 Å². The number of para-hydroxylation sites is 1. The van der Waals surface area contributed by atoms with Crippen molar-refractivity contribution in [3.8, 4) is 0 Å². The number of amides is 2. The van der Waals surface area contributed by atoms with Crippen molar-refractivity contribution < 1.29 is 9.59 Å². The first kappa shape index (κ1) is 19.2. The molecule has 0 saturated carbocycles.